The molecular formula is C22H30N4O5S2. The average Bonchev–Trinajstić information content (AvgIpc) is 3.32. The number of amides is 3. The number of alkyl carbamates (subject to hydrolysis) is 2. The number of nitrogens with zero attached hydrogens (tertiary/aromatic N) is 1. The Balaban J connectivity index is 0.000000331. The Bertz CT molecular complexity index is 994. The minimum Gasteiger partial charge on any atom is -0.444 e. The first kappa shape index (κ1) is 27.9. The molecule has 0 unspecified atom stereocenters. The van der Waals surface area contributed by atoms with E-state index < -0.39 is 29.3 Å². The quantitative estimate of drug-likeness (QED) is 0.558. The summed E-state index contributed by atoms with van der Waals surface area (Å²) in [7, 11) is 0. The molecule has 0 bridgehead atoms. The lowest BCUT2D eigenvalue weighted by molar-refractivity contribution is 0.0512. The molecule has 2 rings (SSSR count). The van der Waals surface area contributed by atoms with Crippen molar-refractivity contribution in [3.05, 3.63) is 43.8 Å². The highest BCUT2D eigenvalue weighted by Crippen LogP contribution is 2.16. The van der Waals surface area contributed by atoms with Gasteiger partial charge in [0.25, 0.3) is 5.91 Å². The zero-order valence-electron chi connectivity index (χ0n) is 19.6. The molecule has 0 fully saturated rings. The highest BCUT2D eigenvalue weighted by molar-refractivity contribution is 7.14. The third-order valence-corrected chi connectivity index (χ3v) is 5.38. The zero-order chi connectivity index (χ0) is 25.2. The normalized spacial score (nSPS) is 10.8. The lowest BCUT2D eigenvalue weighted by atomic mass is 10.2. The number of nitrogens with one attached hydrogen (secondary N) is 2. The van der Waals surface area contributed by atoms with E-state index in [0.717, 1.165) is 9.75 Å². The fourth-order valence-electron chi connectivity index (χ4n) is 2.09. The van der Waals surface area contributed by atoms with Crippen LogP contribution < -0.4 is 16.4 Å². The van der Waals surface area contributed by atoms with Gasteiger partial charge in [0.2, 0.25) is 0 Å². The van der Waals surface area contributed by atoms with Gasteiger partial charge in [-0.15, -0.1) is 22.7 Å². The van der Waals surface area contributed by atoms with Crippen molar-refractivity contribution in [3.8, 4) is 6.07 Å². The van der Waals surface area contributed by atoms with Gasteiger partial charge in [-0.2, -0.15) is 5.26 Å². The number of rotatable bonds is 5. The van der Waals surface area contributed by atoms with Gasteiger partial charge in [-0.3, -0.25) is 4.79 Å². The van der Waals surface area contributed by atoms with E-state index in [0.29, 0.717) is 22.8 Å². The summed E-state index contributed by atoms with van der Waals surface area (Å²) in [5, 5.41) is 13.9. The summed E-state index contributed by atoms with van der Waals surface area (Å²) in [6, 6.07) is 8.99. The highest BCUT2D eigenvalue weighted by atomic mass is 32.1. The minimum atomic E-state index is -0.516. The first-order valence-corrected chi connectivity index (χ1v) is 11.6. The van der Waals surface area contributed by atoms with Crippen molar-refractivity contribution in [2.45, 2.75) is 65.8 Å². The maximum atomic E-state index is 11.4. The molecule has 0 saturated carbocycles. The highest BCUT2D eigenvalue weighted by Gasteiger charge is 2.17. The monoisotopic (exact) mass is 494 g/mol. The van der Waals surface area contributed by atoms with Crippen molar-refractivity contribution in [1.82, 2.24) is 10.6 Å². The molecule has 9 nitrogen and oxygen atoms in total. The number of nitrogens with two attached hydrogens (primary N) is 1. The van der Waals surface area contributed by atoms with Crippen molar-refractivity contribution in [1.29, 1.82) is 5.26 Å². The number of carbonyl (C=O) groups is 3. The number of hydrogen-bond donors (Lipinski definition) is 3. The molecule has 3 amide bonds. The van der Waals surface area contributed by atoms with Crippen LogP contribution in [0.3, 0.4) is 0 Å². The van der Waals surface area contributed by atoms with Gasteiger partial charge in [0.05, 0.1) is 18.0 Å². The third-order valence-electron chi connectivity index (χ3n) is 3.29. The van der Waals surface area contributed by atoms with E-state index in [1.165, 1.54) is 22.7 Å². The molecule has 0 saturated heterocycles. The summed E-state index contributed by atoms with van der Waals surface area (Å²) in [6.45, 7) is 11.5. The fourth-order valence-corrected chi connectivity index (χ4v) is 3.63. The van der Waals surface area contributed by atoms with Crippen LogP contribution in [-0.4, -0.2) is 29.3 Å². The van der Waals surface area contributed by atoms with E-state index in [4.69, 9.17) is 20.5 Å². The molecule has 2 aromatic rings. The molecule has 0 spiro atoms. The van der Waals surface area contributed by atoms with Crippen molar-refractivity contribution < 1.29 is 23.9 Å². The Morgan fingerprint density at radius 1 is 0.879 bits per heavy atom. The molecule has 0 atom stereocenters. The first-order valence-electron chi connectivity index (χ1n) is 9.99. The summed E-state index contributed by atoms with van der Waals surface area (Å²) >= 11 is 2.62. The smallest absolute Gasteiger partial charge is 0.407 e. The Morgan fingerprint density at radius 3 is 1.70 bits per heavy atom. The van der Waals surface area contributed by atoms with Gasteiger partial charge < -0.3 is 25.8 Å². The van der Waals surface area contributed by atoms with Crippen LogP contribution in [0.5, 0.6) is 0 Å². The molecule has 0 aliphatic carbocycles. The van der Waals surface area contributed by atoms with Gasteiger partial charge in [-0.1, -0.05) is 0 Å². The summed E-state index contributed by atoms with van der Waals surface area (Å²) in [6.07, 6.45) is -0.925. The van der Waals surface area contributed by atoms with Gasteiger partial charge in [0.1, 0.15) is 22.1 Å². The molecule has 0 aliphatic rings. The van der Waals surface area contributed by atoms with Crippen LogP contribution in [0, 0.1) is 11.3 Å². The molecular weight excluding hydrogens is 464 g/mol. The number of ether oxygens (including phenoxy) is 2. The summed E-state index contributed by atoms with van der Waals surface area (Å²) in [5.74, 6) is -0.460. The lowest BCUT2D eigenvalue weighted by Gasteiger charge is -2.19. The van der Waals surface area contributed by atoms with Gasteiger partial charge in [-0.05, 0) is 65.8 Å². The van der Waals surface area contributed by atoms with Crippen LogP contribution >= 0.6 is 22.7 Å². The number of hydrogen-bond acceptors (Lipinski definition) is 8. The van der Waals surface area contributed by atoms with Crippen LogP contribution in [0.4, 0.5) is 9.59 Å². The van der Waals surface area contributed by atoms with E-state index >= 15 is 0 Å². The molecule has 0 aromatic carbocycles. The molecule has 2 heterocycles. The number of primary amides is 1. The topological polar surface area (TPSA) is 144 Å². The average molecular weight is 495 g/mol. The van der Waals surface area contributed by atoms with E-state index in [1.54, 1.807) is 39.0 Å². The fraction of sp³-hybridized carbons (Fsp3) is 0.455. The second kappa shape index (κ2) is 12.2. The third kappa shape index (κ3) is 12.5. The lowest BCUT2D eigenvalue weighted by Crippen LogP contribution is -2.31. The number of nitriles is 1. The first-order chi connectivity index (χ1) is 15.2. The Hall–Kier alpha value is -3.10. The predicted molar refractivity (Wildman–Crippen MR) is 128 cm³/mol. The second-order valence-electron chi connectivity index (χ2n) is 8.72. The van der Waals surface area contributed by atoms with E-state index in [2.05, 4.69) is 10.6 Å². The van der Waals surface area contributed by atoms with Gasteiger partial charge in [0, 0.05) is 9.75 Å². The van der Waals surface area contributed by atoms with Crippen LogP contribution in [0.2, 0.25) is 0 Å². The van der Waals surface area contributed by atoms with E-state index in [9.17, 15) is 14.4 Å². The zero-order valence-corrected chi connectivity index (χ0v) is 21.2. The Kier molecular flexibility index (Phi) is 10.3. The van der Waals surface area contributed by atoms with Crippen molar-refractivity contribution in [2.24, 2.45) is 5.73 Å². The molecule has 0 radical (unpaired) electrons. The van der Waals surface area contributed by atoms with Crippen molar-refractivity contribution in [2.75, 3.05) is 0 Å². The van der Waals surface area contributed by atoms with Crippen LogP contribution in [-0.2, 0) is 22.6 Å². The van der Waals surface area contributed by atoms with Crippen LogP contribution in [0.1, 0.15) is 65.8 Å². The Morgan fingerprint density at radius 2 is 1.33 bits per heavy atom. The SMILES string of the molecule is CC(C)(C)OC(=O)NCc1ccc(C#N)s1.CC(C)(C)OC(=O)NCc1ccc(C(N)=O)s1. The number of thiophene rings is 2. The maximum Gasteiger partial charge on any atom is 0.407 e. The molecule has 11 heteroatoms. The van der Waals surface area contributed by atoms with E-state index in [-0.39, 0.29) is 0 Å². The van der Waals surface area contributed by atoms with Crippen LogP contribution in [0.15, 0.2) is 24.3 Å². The largest absolute Gasteiger partial charge is 0.444 e. The molecule has 2 aromatic heterocycles. The Labute approximate surface area is 201 Å². The van der Waals surface area contributed by atoms with Crippen molar-refractivity contribution in [3.63, 3.8) is 0 Å². The van der Waals surface area contributed by atoms with E-state index in [1.807, 2.05) is 32.9 Å². The molecule has 33 heavy (non-hydrogen) atoms. The summed E-state index contributed by atoms with van der Waals surface area (Å²) in [5.41, 5.74) is 4.12. The maximum absolute atomic E-state index is 11.4. The van der Waals surface area contributed by atoms with Gasteiger partial charge in [-0.25, -0.2) is 9.59 Å². The predicted octanol–water partition coefficient (Wildman–Crippen LogP) is 4.52. The van der Waals surface area contributed by atoms with Crippen LogP contribution in [0.25, 0.3) is 0 Å². The second-order valence-corrected chi connectivity index (χ2v) is 11.1. The molecule has 180 valence electrons. The van der Waals surface area contributed by atoms with Gasteiger partial charge in [0.15, 0.2) is 0 Å². The number of carbonyl (C=O) groups excluding carboxylic acids is 3. The molecule has 0 aliphatic heterocycles. The van der Waals surface area contributed by atoms with Crippen molar-refractivity contribution >= 4 is 40.8 Å². The minimum absolute atomic E-state index is 0.326. The standard InChI is InChI=1S/C11H16N2O3S.C11H14N2O2S/c1-11(2,3)16-10(15)13-6-7-4-5-8(17-7)9(12)14;1-11(2,3)15-10(14)13-7-9-5-4-8(6-12)16-9/h4-5H,6H2,1-3H3,(H2,12,14)(H,13,15);4-5H,7H2,1-3H3,(H,13,14). The van der Waals surface area contributed by atoms with Gasteiger partial charge >= 0.3 is 12.2 Å². The summed E-state index contributed by atoms with van der Waals surface area (Å²) < 4.78 is 10.2. The summed E-state index contributed by atoms with van der Waals surface area (Å²) in [4.78, 5) is 36.4. The molecule has 4 N–H and O–H groups in total.